The Morgan fingerprint density at radius 3 is 2.74 bits per heavy atom. The van der Waals surface area contributed by atoms with Crippen LogP contribution < -0.4 is 5.32 Å². The highest BCUT2D eigenvalue weighted by Gasteiger charge is 2.20. The summed E-state index contributed by atoms with van der Waals surface area (Å²) in [6.07, 6.45) is 4.46. The van der Waals surface area contributed by atoms with Crippen molar-refractivity contribution in [3.8, 4) is 0 Å². The Bertz CT molecular complexity index is 552. The van der Waals surface area contributed by atoms with Gasteiger partial charge in [-0.05, 0) is 48.7 Å². The van der Waals surface area contributed by atoms with Crippen LogP contribution in [0.15, 0.2) is 52.5 Å². The first-order valence-electron chi connectivity index (χ1n) is 6.42. The molecule has 1 heterocycles. The van der Waals surface area contributed by atoms with Gasteiger partial charge in [0.05, 0.1) is 0 Å². The van der Waals surface area contributed by atoms with E-state index in [4.69, 9.17) is 11.6 Å². The molecule has 1 N–H and O–H groups in total. The third-order valence-corrected chi connectivity index (χ3v) is 4.36. The third kappa shape index (κ3) is 3.72. The molecule has 0 amide bonds. The topological polar surface area (TPSA) is 24.9 Å². The zero-order chi connectivity index (χ0) is 13.1. The first-order valence-corrected chi connectivity index (χ1v) is 7.61. The molecule has 1 aromatic heterocycles. The largest absolute Gasteiger partial charge is 0.310 e. The van der Waals surface area contributed by atoms with Crippen molar-refractivity contribution >= 4 is 23.4 Å². The van der Waals surface area contributed by atoms with Gasteiger partial charge in [-0.15, -0.1) is 0 Å². The SMILES string of the molecule is Clc1ccc(Sc2ncccc2CNC2CC2)cc1. The van der Waals surface area contributed by atoms with Crippen molar-refractivity contribution in [2.75, 3.05) is 0 Å². The molecule has 0 aliphatic heterocycles. The maximum absolute atomic E-state index is 5.90. The molecule has 2 nitrogen and oxygen atoms in total. The van der Waals surface area contributed by atoms with Gasteiger partial charge in [-0.1, -0.05) is 29.4 Å². The predicted octanol–water partition coefficient (Wildman–Crippen LogP) is 4.14. The van der Waals surface area contributed by atoms with Gasteiger partial charge in [-0.25, -0.2) is 4.98 Å². The number of hydrogen-bond donors (Lipinski definition) is 1. The van der Waals surface area contributed by atoms with Gasteiger partial charge >= 0.3 is 0 Å². The molecule has 1 fully saturated rings. The summed E-state index contributed by atoms with van der Waals surface area (Å²) in [5.74, 6) is 0. The molecule has 0 radical (unpaired) electrons. The Kier molecular flexibility index (Phi) is 4.06. The van der Waals surface area contributed by atoms with E-state index in [1.807, 2.05) is 36.5 Å². The summed E-state index contributed by atoms with van der Waals surface area (Å²) in [6.45, 7) is 0.897. The molecule has 98 valence electrons. The number of aromatic nitrogens is 1. The van der Waals surface area contributed by atoms with Gasteiger partial charge in [0.2, 0.25) is 0 Å². The van der Waals surface area contributed by atoms with Crippen molar-refractivity contribution in [1.82, 2.24) is 10.3 Å². The van der Waals surface area contributed by atoms with Crippen LogP contribution >= 0.6 is 23.4 Å². The number of halogens is 1. The first-order chi connectivity index (χ1) is 9.31. The standard InChI is InChI=1S/C15H15ClN2S/c16-12-3-7-14(8-4-12)19-15-11(2-1-9-17-15)10-18-13-5-6-13/h1-4,7-9,13,18H,5-6,10H2. The van der Waals surface area contributed by atoms with Crippen LogP contribution in [0.5, 0.6) is 0 Å². The highest BCUT2D eigenvalue weighted by Crippen LogP contribution is 2.30. The third-order valence-electron chi connectivity index (χ3n) is 3.04. The molecular formula is C15H15ClN2S. The van der Waals surface area contributed by atoms with Gasteiger partial charge in [0.15, 0.2) is 0 Å². The molecule has 1 aromatic carbocycles. The second-order valence-corrected chi connectivity index (χ2v) is 6.18. The lowest BCUT2D eigenvalue weighted by Crippen LogP contribution is -2.16. The molecule has 1 aliphatic rings. The lowest BCUT2D eigenvalue weighted by atomic mass is 10.3. The van der Waals surface area contributed by atoms with Crippen LogP contribution in [0.3, 0.4) is 0 Å². The van der Waals surface area contributed by atoms with Crippen LogP contribution in [0.4, 0.5) is 0 Å². The lowest BCUT2D eigenvalue weighted by Gasteiger charge is -2.08. The zero-order valence-electron chi connectivity index (χ0n) is 10.5. The van der Waals surface area contributed by atoms with Crippen LogP contribution in [-0.4, -0.2) is 11.0 Å². The number of rotatable bonds is 5. The molecule has 0 atom stereocenters. The monoisotopic (exact) mass is 290 g/mol. The fourth-order valence-corrected chi connectivity index (χ4v) is 2.81. The van der Waals surface area contributed by atoms with Gasteiger partial charge < -0.3 is 5.32 Å². The van der Waals surface area contributed by atoms with E-state index in [9.17, 15) is 0 Å². The van der Waals surface area contributed by atoms with E-state index in [0.717, 1.165) is 21.5 Å². The molecule has 1 aliphatic carbocycles. The number of hydrogen-bond acceptors (Lipinski definition) is 3. The van der Waals surface area contributed by atoms with Gasteiger partial charge in [0, 0.05) is 28.7 Å². The second kappa shape index (κ2) is 5.95. The molecular weight excluding hydrogens is 276 g/mol. The van der Waals surface area contributed by atoms with E-state index >= 15 is 0 Å². The molecule has 19 heavy (non-hydrogen) atoms. The van der Waals surface area contributed by atoms with Gasteiger partial charge in [0.1, 0.15) is 5.03 Å². The van der Waals surface area contributed by atoms with Crippen LogP contribution in [-0.2, 0) is 6.54 Å². The van der Waals surface area contributed by atoms with Crippen molar-refractivity contribution in [1.29, 1.82) is 0 Å². The Morgan fingerprint density at radius 2 is 2.00 bits per heavy atom. The maximum Gasteiger partial charge on any atom is 0.105 e. The van der Waals surface area contributed by atoms with Crippen LogP contribution in [0.1, 0.15) is 18.4 Å². The smallest absolute Gasteiger partial charge is 0.105 e. The fourth-order valence-electron chi connectivity index (χ4n) is 1.81. The quantitative estimate of drug-likeness (QED) is 0.896. The average Bonchev–Trinajstić information content (AvgIpc) is 3.25. The van der Waals surface area contributed by atoms with Crippen molar-refractivity contribution in [2.24, 2.45) is 0 Å². The summed E-state index contributed by atoms with van der Waals surface area (Å²) < 4.78 is 0. The molecule has 0 spiro atoms. The van der Waals surface area contributed by atoms with Crippen LogP contribution in [0.25, 0.3) is 0 Å². The highest BCUT2D eigenvalue weighted by atomic mass is 35.5. The van der Waals surface area contributed by atoms with E-state index in [1.165, 1.54) is 18.4 Å². The van der Waals surface area contributed by atoms with Crippen molar-refractivity contribution in [2.45, 2.75) is 35.3 Å². The number of nitrogens with zero attached hydrogens (tertiary/aromatic N) is 1. The van der Waals surface area contributed by atoms with E-state index in [0.29, 0.717) is 6.04 Å². The Hall–Kier alpha value is -1.03. The van der Waals surface area contributed by atoms with Crippen LogP contribution in [0.2, 0.25) is 5.02 Å². The van der Waals surface area contributed by atoms with Crippen molar-refractivity contribution in [3.63, 3.8) is 0 Å². The molecule has 3 rings (SSSR count). The highest BCUT2D eigenvalue weighted by molar-refractivity contribution is 7.99. The minimum absolute atomic E-state index is 0.716. The molecule has 0 saturated heterocycles. The first kappa shape index (κ1) is 13.0. The molecule has 0 bridgehead atoms. The fraction of sp³-hybridized carbons (Fsp3) is 0.267. The minimum Gasteiger partial charge on any atom is -0.310 e. The number of pyridine rings is 1. The maximum atomic E-state index is 5.90. The number of benzene rings is 1. The summed E-state index contributed by atoms with van der Waals surface area (Å²) in [5, 5.41) is 5.37. The van der Waals surface area contributed by atoms with Gasteiger partial charge in [-0.2, -0.15) is 0 Å². The number of nitrogens with one attached hydrogen (secondary N) is 1. The van der Waals surface area contributed by atoms with E-state index in [-0.39, 0.29) is 0 Å². The van der Waals surface area contributed by atoms with E-state index in [2.05, 4.69) is 16.4 Å². The Morgan fingerprint density at radius 1 is 1.21 bits per heavy atom. The normalized spacial score (nSPS) is 14.6. The Labute approximate surface area is 122 Å². The van der Waals surface area contributed by atoms with Gasteiger partial charge in [0.25, 0.3) is 0 Å². The summed E-state index contributed by atoms with van der Waals surface area (Å²) in [4.78, 5) is 5.65. The van der Waals surface area contributed by atoms with E-state index in [1.54, 1.807) is 11.8 Å². The Balaban J connectivity index is 1.73. The summed E-state index contributed by atoms with van der Waals surface area (Å²) in [7, 11) is 0. The molecule has 0 unspecified atom stereocenters. The van der Waals surface area contributed by atoms with Crippen molar-refractivity contribution in [3.05, 3.63) is 53.2 Å². The molecule has 4 heteroatoms. The summed E-state index contributed by atoms with van der Waals surface area (Å²) in [5.41, 5.74) is 1.26. The van der Waals surface area contributed by atoms with Crippen LogP contribution in [0, 0.1) is 0 Å². The van der Waals surface area contributed by atoms with Gasteiger partial charge in [-0.3, -0.25) is 0 Å². The van der Waals surface area contributed by atoms with Crippen molar-refractivity contribution < 1.29 is 0 Å². The summed E-state index contributed by atoms with van der Waals surface area (Å²) in [6, 6.07) is 12.7. The minimum atomic E-state index is 0.716. The summed E-state index contributed by atoms with van der Waals surface area (Å²) >= 11 is 7.59. The zero-order valence-corrected chi connectivity index (χ0v) is 12.0. The molecule has 1 saturated carbocycles. The van der Waals surface area contributed by atoms with E-state index < -0.39 is 0 Å². The lowest BCUT2D eigenvalue weighted by molar-refractivity contribution is 0.675. The molecule has 2 aromatic rings. The average molecular weight is 291 g/mol. The predicted molar refractivity (Wildman–Crippen MR) is 79.7 cm³/mol. The second-order valence-electron chi connectivity index (χ2n) is 4.68.